The van der Waals surface area contributed by atoms with E-state index in [9.17, 15) is 9.59 Å². The van der Waals surface area contributed by atoms with E-state index in [1.807, 2.05) is 37.3 Å². The van der Waals surface area contributed by atoms with E-state index in [1.54, 1.807) is 4.90 Å². The maximum absolute atomic E-state index is 13.1. The molecule has 2 rings (SSSR count). The molecule has 1 aliphatic rings. The van der Waals surface area contributed by atoms with Crippen LogP contribution < -0.4 is 5.32 Å². The molecule has 1 fully saturated rings. The van der Waals surface area contributed by atoms with E-state index in [-0.39, 0.29) is 17.9 Å². The van der Waals surface area contributed by atoms with Crippen molar-refractivity contribution in [2.24, 2.45) is 0 Å². The summed E-state index contributed by atoms with van der Waals surface area (Å²) in [6, 6.07) is 9.15. The van der Waals surface area contributed by atoms with Crippen molar-refractivity contribution in [1.29, 1.82) is 0 Å². The van der Waals surface area contributed by atoms with Crippen LogP contribution in [0, 0.1) is 0 Å². The first-order valence-electron chi connectivity index (χ1n) is 9.86. The van der Waals surface area contributed by atoms with Gasteiger partial charge in [0.2, 0.25) is 11.8 Å². The molecule has 0 spiro atoms. The first-order valence-corrected chi connectivity index (χ1v) is 9.86. The van der Waals surface area contributed by atoms with E-state index in [1.165, 1.54) is 0 Å². The van der Waals surface area contributed by atoms with Gasteiger partial charge in [0.1, 0.15) is 6.04 Å². The molecule has 5 nitrogen and oxygen atoms in total. The summed E-state index contributed by atoms with van der Waals surface area (Å²) in [6.45, 7) is 6.70. The van der Waals surface area contributed by atoms with Gasteiger partial charge < -0.3 is 15.1 Å². The van der Waals surface area contributed by atoms with Crippen molar-refractivity contribution in [2.75, 3.05) is 26.7 Å². The number of likely N-dealkylation sites (N-methyl/N-ethyl adjacent to an activating group) is 1. The highest BCUT2D eigenvalue weighted by molar-refractivity contribution is 5.89. The van der Waals surface area contributed by atoms with Gasteiger partial charge in [0, 0.05) is 25.6 Å². The third kappa shape index (κ3) is 5.84. The molecule has 144 valence electrons. The Hall–Kier alpha value is -1.88. The van der Waals surface area contributed by atoms with Crippen molar-refractivity contribution in [3.63, 3.8) is 0 Å². The Morgan fingerprint density at radius 3 is 2.65 bits per heavy atom. The number of hydrogen-bond acceptors (Lipinski definition) is 3. The minimum absolute atomic E-state index is 0.0375. The van der Waals surface area contributed by atoms with Gasteiger partial charge in [0.15, 0.2) is 0 Å². The summed E-state index contributed by atoms with van der Waals surface area (Å²) in [5.74, 6) is -0.00388. The number of nitrogens with one attached hydrogen (secondary N) is 1. The number of likely N-dealkylation sites (tertiary alicyclic amines) is 1. The molecule has 2 amide bonds. The summed E-state index contributed by atoms with van der Waals surface area (Å²) in [5, 5.41) is 3.13. The lowest BCUT2D eigenvalue weighted by Gasteiger charge is -2.35. The van der Waals surface area contributed by atoms with Crippen molar-refractivity contribution in [3.05, 3.63) is 35.9 Å². The molecule has 1 N–H and O–H groups in total. The quantitative estimate of drug-likeness (QED) is 0.737. The number of carbonyl (C=O) groups is 2. The molecular formula is C21H33N3O2. The lowest BCUT2D eigenvalue weighted by Crippen LogP contribution is -2.49. The lowest BCUT2D eigenvalue weighted by molar-refractivity contribution is -0.143. The second-order valence-corrected chi connectivity index (χ2v) is 7.38. The minimum Gasteiger partial charge on any atom is -0.350 e. The van der Waals surface area contributed by atoms with Crippen molar-refractivity contribution in [2.45, 2.75) is 58.0 Å². The van der Waals surface area contributed by atoms with Gasteiger partial charge in [-0.15, -0.1) is 0 Å². The largest absolute Gasteiger partial charge is 0.350 e. The molecule has 1 aliphatic heterocycles. The molecule has 1 saturated heterocycles. The van der Waals surface area contributed by atoms with Gasteiger partial charge >= 0.3 is 0 Å². The Labute approximate surface area is 157 Å². The first-order chi connectivity index (χ1) is 12.5. The lowest BCUT2D eigenvalue weighted by atomic mass is 10.00. The van der Waals surface area contributed by atoms with Crippen LogP contribution in [-0.2, 0) is 9.59 Å². The normalized spacial score (nSPS) is 17.2. The van der Waals surface area contributed by atoms with Crippen LogP contribution in [0.25, 0.3) is 0 Å². The van der Waals surface area contributed by atoms with E-state index >= 15 is 0 Å². The van der Waals surface area contributed by atoms with Gasteiger partial charge in [-0.05, 0) is 45.3 Å². The van der Waals surface area contributed by atoms with Crippen LogP contribution in [-0.4, -0.2) is 54.3 Å². The highest BCUT2D eigenvalue weighted by Gasteiger charge is 2.33. The molecule has 0 saturated carbocycles. The predicted octanol–water partition coefficient (Wildman–Crippen LogP) is 2.98. The molecule has 0 unspecified atom stereocenters. The number of benzene rings is 1. The monoisotopic (exact) mass is 359 g/mol. The molecule has 5 heteroatoms. The fourth-order valence-corrected chi connectivity index (χ4v) is 3.56. The minimum atomic E-state index is -0.535. The first kappa shape index (κ1) is 20.4. The number of carbonyl (C=O) groups excluding carboxylic acids is 2. The Bertz CT molecular complexity index is 576. The van der Waals surface area contributed by atoms with Gasteiger partial charge in [-0.25, -0.2) is 0 Å². The third-order valence-corrected chi connectivity index (χ3v) is 4.90. The number of piperidine rings is 1. The van der Waals surface area contributed by atoms with Crippen LogP contribution in [0.2, 0.25) is 0 Å². The van der Waals surface area contributed by atoms with Crippen LogP contribution in [0.3, 0.4) is 0 Å². The summed E-state index contributed by atoms with van der Waals surface area (Å²) in [4.78, 5) is 29.5. The van der Waals surface area contributed by atoms with Crippen LogP contribution in [0.4, 0.5) is 0 Å². The van der Waals surface area contributed by atoms with Crippen LogP contribution in [0.1, 0.15) is 57.6 Å². The smallest absolute Gasteiger partial charge is 0.247 e. The van der Waals surface area contributed by atoms with Crippen molar-refractivity contribution < 1.29 is 9.59 Å². The molecule has 0 aromatic heterocycles. The Morgan fingerprint density at radius 2 is 2.00 bits per heavy atom. The standard InChI is InChI=1S/C21H33N3O2/c1-4-5-14-23(3)16-17(2)22-21(26)20(18-11-7-6-8-12-18)24-15-10-9-13-19(24)25/h6-8,11-12,17,20H,4-5,9-10,13-16H2,1-3H3,(H,22,26)/t17-,20-/m1/s1. The van der Waals surface area contributed by atoms with Gasteiger partial charge in [0.25, 0.3) is 0 Å². The van der Waals surface area contributed by atoms with E-state index < -0.39 is 6.04 Å². The van der Waals surface area contributed by atoms with Crippen LogP contribution >= 0.6 is 0 Å². The molecule has 1 heterocycles. The maximum atomic E-state index is 13.1. The Morgan fingerprint density at radius 1 is 1.27 bits per heavy atom. The molecule has 26 heavy (non-hydrogen) atoms. The van der Waals surface area contributed by atoms with Gasteiger partial charge in [-0.3, -0.25) is 9.59 Å². The molecule has 1 aromatic rings. The average molecular weight is 360 g/mol. The number of hydrogen-bond donors (Lipinski definition) is 1. The number of unbranched alkanes of at least 4 members (excludes halogenated alkanes) is 1. The van der Waals surface area contributed by atoms with E-state index in [0.717, 1.165) is 44.3 Å². The van der Waals surface area contributed by atoms with E-state index in [4.69, 9.17) is 0 Å². The van der Waals surface area contributed by atoms with Crippen molar-refractivity contribution in [3.8, 4) is 0 Å². The van der Waals surface area contributed by atoms with Crippen LogP contribution in [0.15, 0.2) is 30.3 Å². The number of nitrogens with zero attached hydrogens (tertiary/aromatic N) is 2. The van der Waals surface area contributed by atoms with Crippen LogP contribution in [0.5, 0.6) is 0 Å². The second-order valence-electron chi connectivity index (χ2n) is 7.38. The molecular weight excluding hydrogens is 326 g/mol. The van der Waals surface area contributed by atoms with Crippen molar-refractivity contribution >= 4 is 11.8 Å². The van der Waals surface area contributed by atoms with Gasteiger partial charge in [-0.2, -0.15) is 0 Å². The highest BCUT2D eigenvalue weighted by atomic mass is 16.2. The summed E-state index contributed by atoms with van der Waals surface area (Å²) in [7, 11) is 2.08. The molecule has 2 atom stereocenters. The zero-order valence-corrected chi connectivity index (χ0v) is 16.4. The average Bonchev–Trinajstić information content (AvgIpc) is 2.62. The maximum Gasteiger partial charge on any atom is 0.247 e. The molecule has 0 radical (unpaired) electrons. The fraction of sp³-hybridized carbons (Fsp3) is 0.619. The second kappa shape index (κ2) is 10.3. The zero-order valence-electron chi connectivity index (χ0n) is 16.4. The fourth-order valence-electron chi connectivity index (χ4n) is 3.56. The molecule has 0 bridgehead atoms. The highest BCUT2D eigenvalue weighted by Crippen LogP contribution is 2.25. The third-order valence-electron chi connectivity index (χ3n) is 4.90. The summed E-state index contributed by atoms with van der Waals surface area (Å²) >= 11 is 0. The molecule has 1 aromatic carbocycles. The number of amides is 2. The zero-order chi connectivity index (χ0) is 18.9. The van der Waals surface area contributed by atoms with Gasteiger partial charge in [0.05, 0.1) is 0 Å². The predicted molar refractivity (Wildman–Crippen MR) is 105 cm³/mol. The molecule has 0 aliphatic carbocycles. The summed E-state index contributed by atoms with van der Waals surface area (Å²) in [5.41, 5.74) is 0.881. The van der Waals surface area contributed by atoms with E-state index in [0.29, 0.717) is 13.0 Å². The van der Waals surface area contributed by atoms with Gasteiger partial charge in [-0.1, -0.05) is 43.7 Å². The van der Waals surface area contributed by atoms with E-state index in [2.05, 4.69) is 24.2 Å². The summed E-state index contributed by atoms with van der Waals surface area (Å²) in [6.07, 6.45) is 4.73. The Balaban J connectivity index is 2.07. The SMILES string of the molecule is CCCCN(C)C[C@@H](C)NC(=O)[C@@H](c1ccccc1)N1CCCCC1=O. The summed E-state index contributed by atoms with van der Waals surface area (Å²) < 4.78 is 0. The topological polar surface area (TPSA) is 52.7 Å². The Kier molecular flexibility index (Phi) is 8.10. The number of rotatable bonds is 9. The van der Waals surface area contributed by atoms with Crippen molar-refractivity contribution in [1.82, 2.24) is 15.1 Å².